The highest BCUT2D eigenvalue weighted by Crippen LogP contribution is 2.34. The maximum Gasteiger partial charge on any atom is 0.236 e. The third-order valence-electron chi connectivity index (χ3n) is 8.53. The van der Waals surface area contributed by atoms with Gasteiger partial charge < -0.3 is 4.90 Å². The van der Waals surface area contributed by atoms with Gasteiger partial charge in [0.2, 0.25) is 5.91 Å². The number of amides is 1. The fraction of sp³-hybridized carbons (Fsp3) is 0.424. The van der Waals surface area contributed by atoms with Gasteiger partial charge in [0.25, 0.3) is 0 Å². The Hall–Kier alpha value is -3.06. The predicted octanol–water partition coefficient (Wildman–Crippen LogP) is 5.07. The van der Waals surface area contributed by atoms with E-state index in [-0.39, 0.29) is 17.8 Å². The van der Waals surface area contributed by atoms with Crippen molar-refractivity contribution in [2.75, 3.05) is 59.9 Å². The molecule has 0 aliphatic carbocycles. The van der Waals surface area contributed by atoms with Crippen molar-refractivity contribution in [1.82, 2.24) is 19.6 Å². The van der Waals surface area contributed by atoms with Gasteiger partial charge in [0.15, 0.2) is 0 Å². The van der Waals surface area contributed by atoms with Crippen molar-refractivity contribution in [3.05, 3.63) is 107 Å². The first-order valence-corrected chi connectivity index (χ1v) is 14.2. The molecule has 0 aromatic heterocycles. The third-order valence-corrected chi connectivity index (χ3v) is 8.53. The van der Waals surface area contributed by atoms with E-state index in [4.69, 9.17) is 0 Å². The Morgan fingerprint density at radius 2 is 1.46 bits per heavy atom. The lowest BCUT2D eigenvalue weighted by molar-refractivity contribution is -0.134. The van der Waals surface area contributed by atoms with Gasteiger partial charge in [-0.3, -0.25) is 19.5 Å². The largest absolute Gasteiger partial charge is 0.339 e. The van der Waals surface area contributed by atoms with Crippen molar-refractivity contribution in [2.24, 2.45) is 5.92 Å². The van der Waals surface area contributed by atoms with Gasteiger partial charge in [0.05, 0.1) is 12.6 Å². The minimum absolute atomic E-state index is 0.0381. The summed E-state index contributed by atoms with van der Waals surface area (Å²) in [4.78, 5) is 22.5. The Labute approximate surface area is 232 Å². The van der Waals surface area contributed by atoms with Gasteiger partial charge in [-0.2, -0.15) is 0 Å². The summed E-state index contributed by atoms with van der Waals surface area (Å²) in [7, 11) is 4.22. The van der Waals surface area contributed by atoms with Crippen molar-refractivity contribution in [3.8, 4) is 0 Å². The zero-order valence-corrected chi connectivity index (χ0v) is 23.3. The van der Waals surface area contributed by atoms with Crippen LogP contribution in [-0.2, 0) is 4.79 Å². The summed E-state index contributed by atoms with van der Waals surface area (Å²) in [6, 6.07) is 28.3. The van der Waals surface area contributed by atoms with E-state index in [1.807, 2.05) is 29.2 Å². The Morgan fingerprint density at radius 1 is 0.872 bits per heavy atom. The molecule has 3 aromatic carbocycles. The zero-order valence-electron chi connectivity index (χ0n) is 23.3. The quantitative estimate of drug-likeness (QED) is 0.408. The van der Waals surface area contributed by atoms with Gasteiger partial charge in [-0.15, -0.1) is 0 Å². The monoisotopic (exact) mass is 528 g/mol. The van der Waals surface area contributed by atoms with Crippen molar-refractivity contribution in [3.63, 3.8) is 0 Å². The normalized spacial score (nSPS) is 21.0. The molecule has 3 aromatic rings. The summed E-state index contributed by atoms with van der Waals surface area (Å²) < 4.78 is 13.4. The van der Waals surface area contributed by atoms with Gasteiger partial charge in [0, 0.05) is 38.8 Å². The molecule has 0 radical (unpaired) electrons. The van der Waals surface area contributed by atoms with Gasteiger partial charge >= 0.3 is 0 Å². The number of piperazine rings is 1. The summed E-state index contributed by atoms with van der Waals surface area (Å²) in [5.41, 5.74) is 3.59. The molecule has 0 bridgehead atoms. The highest BCUT2D eigenvalue weighted by Gasteiger charge is 2.30. The number of hydrogen-bond donors (Lipinski definition) is 0. The van der Waals surface area contributed by atoms with Crippen molar-refractivity contribution >= 4 is 5.91 Å². The number of hydrogen-bond acceptors (Lipinski definition) is 4. The maximum atomic E-state index is 13.4. The molecular weight excluding hydrogens is 487 g/mol. The van der Waals surface area contributed by atoms with Crippen LogP contribution in [0.4, 0.5) is 4.39 Å². The average molecular weight is 529 g/mol. The topological polar surface area (TPSA) is 30.0 Å². The molecule has 2 heterocycles. The average Bonchev–Trinajstić information content (AvgIpc) is 2.96. The van der Waals surface area contributed by atoms with Crippen LogP contribution in [0, 0.1) is 11.7 Å². The van der Waals surface area contributed by atoms with Crippen LogP contribution >= 0.6 is 0 Å². The molecule has 0 saturated carbocycles. The maximum absolute atomic E-state index is 13.4. The van der Waals surface area contributed by atoms with Crippen molar-refractivity contribution in [2.45, 2.75) is 24.9 Å². The Kier molecular flexibility index (Phi) is 9.07. The summed E-state index contributed by atoms with van der Waals surface area (Å²) >= 11 is 0. The molecule has 0 N–H and O–H groups in total. The summed E-state index contributed by atoms with van der Waals surface area (Å²) in [6.45, 7) is 5.92. The van der Waals surface area contributed by atoms with Crippen molar-refractivity contribution < 1.29 is 9.18 Å². The predicted molar refractivity (Wildman–Crippen MR) is 155 cm³/mol. The first-order chi connectivity index (χ1) is 19.0. The Morgan fingerprint density at radius 3 is 2.05 bits per heavy atom. The smallest absolute Gasteiger partial charge is 0.236 e. The summed E-state index contributed by atoms with van der Waals surface area (Å²) in [5, 5.41) is 0. The van der Waals surface area contributed by atoms with Crippen LogP contribution in [0.5, 0.6) is 0 Å². The second kappa shape index (κ2) is 12.9. The van der Waals surface area contributed by atoms with E-state index in [1.165, 1.54) is 23.1 Å². The van der Waals surface area contributed by atoms with E-state index in [0.29, 0.717) is 18.5 Å². The number of benzene rings is 3. The number of halogens is 1. The highest BCUT2D eigenvalue weighted by atomic mass is 19.1. The van der Waals surface area contributed by atoms with Crippen LogP contribution in [0.15, 0.2) is 84.9 Å². The van der Waals surface area contributed by atoms with E-state index in [2.05, 4.69) is 77.3 Å². The van der Waals surface area contributed by atoms with Crippen LogP contribution in [-0.4, -0.2) is 85.4 Å². The molecule has 1 amide bonds. The van der Waals surface area contributed by atoms with E-state index >= 15 is 0 Å². The number of rotatable bonds is 8. The fourth-order valence-electron chi connectivity index (χ4n) is 6.32. The molecule has 39 heavy (non-hydrogen) atoms. The molecule has 2 atom stereocenters. The van der Waals surface area contributed by atoms with Crippen LogP contribution in [0.1, 0.15) is 41.6 Å². The molecular formula is C33H41FN4O. The van der Waals surface area contributed by atoms with E-state index in [1.54, 1.807) is 12.1 Å². The summed E-state index contributed by atoms with van der Waals surface area (Å²) in [6.07, 6.45) is 2.27. The second-order valence-corrected chi connectivity index (χ2v) is 11.3. The van der Waals surface area contributed by atoms with E-state index in [0.717, 1.165) is 45.7 Å². The lowest BCUT2D eigenvalue weighted by Gasteiger charge is -2.41. The second-order valence-electron chi connectivity index (χ2n) is 11.3. The lowest BCUT2D eigenvalue weighted by Crippen LogP contribution is -2.52. The molecule has 206 valence electrons. The number of carbonyl (C=O) groups excluding carboxylic acids is 1. The van der Waals surface area contributed by atoms with E-state index < -0.39 is 0 Å². The molecule has 5 nitrogen and oxygen atoms in total. The summed E-state index contributed by atoms with van der Waals surface area (Å²) in [5.74, 6) is 0.634. The van der Waals surface area contributed by atoms with Crippen LogP contribution in [0.25, 0.3) is 0 Å². The van der Waals surface area contributed by atoms with Gasteiger partial charge in [-0.05, 0) is 68.2 Å². The van der Waals surface area contributed by atoms with Gasteiger partial charge in [-0.1, -0.05) is 72.8 Å². The van der Waals surface area contributed by atoms with Crippen molar-refractivity contribution in [1.29, 1.82) is 0 Å². The minimum atomic E-state index is -0.178. The van der Waals surface area contributed by atoms with Gasteiger partial charge in [0.1, 0.15) is 5.82 Å². The first kappa shape index (κ1) is 27.5. The number of nitrogens with zero attached hydrogens (tertiary/aromatic N) is 4. The SMILES string of the molecule is CN1CCC(CN2CCN(C(=O)CN(C)C(c3ccccc3)c3ccccc3)CC2)CC1c1ccc(F)cc1. The molecule has 2 fully saturated rings. The molecule has 2 unspecified atom stereocenters. The molecule has 0 spiro atoms. The Bertz CT molecular complexity index is 1140. The molecule has 2 aliphatic heterocycles. The van der Waals surface area contributed by atoms with Crippen LogP contribution in [0.2, 0.25) is 0 Å². The molecule has 2 aliphatic rings. The molecule has 5 rings (SSSR count). The fourth-order valence-corrected chi connectivity index (χ4v) is 6.32. The number of likely N-dealkylation sites (tertiary alicyclic amines) is 1. The number of likely N-dealkylation sites (N-methyl/N-ethyl adjacent to an activating group) is 1. The van der Waals surface area contributed by atoms with Crippen LogP contribution in [0.3, 0.4) is 0 Å². The Balaban J connectivity index is 1.14. The minimum Gasteiger partial charge on any atom is -0.339 e. The molecule has 2 saturated heterocycles. The van der Waals surface area contributed by atoms with Crippen LogP contribution < -0.4 is 0 Å². The lowest BCUT2D eigenvalue weighted by atomic mass is 9.87. The zero-order chi connectivity index (χ0) is 27.2. The number of carbonyl (C=O) groups is 1. The highest BCUT2D eigenvalue weighted by molar-refractivity contribution is 5.78. The molecule has 6 heteroatoms. The van der Waals surface area contributed by atoms with E-state index in [9.17, 15) is 9.18 Å². The number of piperidine rings is 1. The van der Waals surface area contributed by atoms with Gasteiger partial charge in [-0.25, -0.2) is 4.39 Å². The third kappa shape index (κ3) is 6.93. The standard InChI is InChI=1S/C33H41FN4O/c1-35-18-17-26(23-31(35)27-13-15-30(34)16-14-27)24-37-19-21-38(22-20-37)32(39)25-36(2)33(28-9-5-3-6-10-28)29-11-7-4-8-12-29/h3-16,26,31,33H,17-25H2,1-2H3. The first-order valence-electron chi connectivity index (χ1n) is 14.2.